The van der Waals surface area contributed by atoms with Crippen LogP contribution >= 0.6 is 11.6 Å². The first-order valence-electron chi connectivity index (χ1n) is 5.61. The summed E-state index contributed by atoms with van der Waals surface area (Å²) in [7, 11) is 0. The van der Waals surface area contributed by atoms with Crippen molar-refractivity contribution in [3.8, 4) is 0 Å². The molecule has 1 atom stereocenters. The van der Waals surface area contributed by atoms with Crippen molar-refractivity contribution in [3.05, 3.63) is 59.6 Å². The van der Waals surface area contributed by atoms with Crippen molar-refractivity contribution in [2.75, 3.05) is 0 Å². The quantitative estimate of drug-likeness (QED) is 0.799. The molecule has 0 amide bonds. The van der Waals surface area contributed by atoms with Crippen LogP contribution < -0.4 is 0 Å². The molecule has 0 aliphatic carbocycles. The summed E-state index contributed by atoms with van der Waals surface area (Å²) in [6.07, 6.45) is 1.56. The van der Waals surface area contributed by atoms with Gasteiger partial charge in [-0.05, 0) is 36.7 Å². The Kier molecular flexibility index (Phi) is 3.71. The second-order valence-electron chi connectivity index (χ2n) is 4.49. The van der Waals surface area contributed by atoms with E-state index < -0.39 is 22.3 Å². The van der Waals surface area contributed by atoms with E-state index in [1.165, 1.54) is 19.3 Å². The van der Waals surface area contributed by atoms with Crippen LogP contribution in [0.2, 0.25) is 0 Å². The van der Waals surface area contributed by atoms with Gasteiger partial charge in [0, 0.05) is 18.1 Å². The third kappa shape index (κ3) is 2.68. The van der Waals surface area contributed by atoms with Crippen LogP contribution in [-0.4, -0.2) is 5.24 Å². The first-order valence-corrected chi connectivity index (χ1v) is 5.99. The van der Waals surface area contributed by atoms with E-state index in [9.17, 15) is 13.6 Å². The number of hydrogen-bond acceptors (Lipinski definition) is 2. The molecular weight excluding hydrogens is 274 g/mol. The fraction of sp³-hybridized carbons (Fsp3) is 0.214. The molecule has 2 rings (SSSR count). The minimum atomic E-state index is -1.31. The van der Waals surface area contributed by atoms with Gasteiger partial charge < -0.3 is 4.42 Å². The number of carbonyl (C=O) groups excluding carboxylic acids is 1. The highest BCUT2D eigenvalue weighted by Gasteiger charge is 2.37. The lowest BCUT2D eigenvalue weighted by atomic mass is 9.79. The molecule has 0 aliphatic rings. The van der Waals surface area contributed by atoms with Crippen molar-refractivity contribution < 1.29 is 18.0 Å². The van der Waals surface area contributed by atoms with Gasteiger partial charge in [0.25, 0.3) is 0 Å². The molecule has 5 heteroatoms. The average molecular weight is 285 g/mol. The molecule has 0 spiro atoms. The molecule has 19 heavy (non-hydrogen) atoms. The zero-order chi connectivity index (χ0) is 14.0. The second-order valence-corrected chi connectivity index (χ2v) is 4.83. The van der Waals surface area contributed by atoms with E-state index in [4.69, 9.17) is 16.0 Å². The van der Waals surface area contributed by atoms with Gasteiger partial charge in [0.05, 0.1) is 11.7 Å². The minimum absolute atomic E-state index is 0.0466. The Bertz CT molecular complexity index is 595. The molecule has 0 N–H and O–H groups in total. The van der Waals surface area contributed by atoms with E-state index >= 15 is 0 Å². The molecule has 0 bridgehead atoms. The summed E-state index contributed by atoms with van der Waals surface area (Å²) >= 11 is 5.61. The summed E-state index contributed by atoms with van der Waals surface area (Å²) < 4.78 is 31.9. The highest BCUT2D eigenvalue weighted by Crippen LogP contribution is 2.33. The number of halogens is 3. The molecule has 1 heterocycles. The van der Waals surface area contributed by atoms with Crippen LogP contribution in [0.4, 0.5) is 8.78 Å². The smallest absolute Gasteiger partial charge is 0.232 e. The first-order chi connectivity index (χ1) is 8.93. The Morgan fingerprint density at radius 3 is 2.63 bits per heavy atom. The van der Waals surface area contributed by atoms with Crippen molar-refractivity contribution in [1.82, 2.24) is 0 Å². The van der Waals surface area contributed by atoms with Gasteiger partial charge in [-0.25, -0.2) is 8.78 Å². The second kappa shape index (κ2) is 5.13. The van der Waals surface area contributed by atoms with Crippen LogP contribution in [0.25, 0.3) is 0 Å². The van der Waals surface area contributed by atoms with Crippen LogP contribution in [0.5, 0.6) is 0 Å². The number of furan rings is 1. The van der Waals surface area contributed by atoms with Crippen LogP contribution in [-0.2, 0) is 16.6 Å². The Morgan fingerprint density at radius 2 is 2.11 bits per heavy atom. The highest BCUT2D eigenvalue weighted by molar-refractivity contribution is 6.65. The number of benzene rings is 1. The minimum Gasteiger partial charge on any atom is -0.469 e. The maximum Gasteiger partial charge on any atom is 0.232 e. The molecule has 0 saturated carbocycles. The largest absolute Gasteiger partial charge is 0.469 e. The van der Waals surface area contributed by atoms with Crippen LogP contribution in [0.1, 0.15) is 18.2 Å². The molecule has 0 saturated heterocycles. The van der Waals surface area contributed by atoms with Gasteiger partial charge in [-0.3, -0.25) is 4.79 Å². The van der Waals surface area contributed by atoms with Crippen molar-refractivity contribution in [2.24, 2.45) is 0 Å². The summed E-state index contributed by atoms with van der Waals surface area (Å²) in [6.45, 7) is 1.50. The first kappa shape index (κ1) is 13.7. The van der Waals surface area contributed by atoms with Crippen molar-refractivity contribution in [2.45, 2.75) is 18.8 Å². The fourth-order valence-electron chi connectivity index (χ4n) is 1.97. The lowest BCUT2D eigenvalue weighted by Gasteiger charge is -2.25. The van der Waals surface area contributed by atoms with E-state index in [1.807, 2.05) is 0 Å². The molecule has 0 fully saturated rings. The zero-order valence-electron chi connectivity index (χ0n) is 10.1. The van der Waals surface area contributed by atoms with E-state index in [-0.39, 0.29) is 12.0 Å². The molecule has 2 aromatic rings. The van der Waals surface area contributed by atoms with Gasteiger partial charge in [-0.2, -0.15) is 0 Å². The van der Waals surface area contributed by atoms with Gasteiger partial charge in [-0.15, -0.1) is 0 Å². The predicted molar refractivity (Wildman–Crippen MR) is 67.0 cm³/mol. The van der Waals surface area contributed by atoms with E-state index in [0.717, 1.165) is 12.1 Å². The topological polar surface area (TPSA) is 30.2 Å². The van der Waals surface area contributed by atoms with E-state index in [1.54, 1.807) is 12.1 Å². The molecule has 2 nitrogen and oxygen atoms in total. The number of carbonyl (C=O) groups is 1. The normalized spacial score (nSPS) is 14.1. The van der Waals surface area contributed by atoms with Crippen molar-refractivity contribution in [3.63, 3.8) is 0 Å². The van der Waals surface area contributed by atoms with Gasteiger partial charge >= 0.3 is 0 Å². The van der Waals surface area contributed by atoms with Gasteiger partial charge in [-0.1, -0.05) is 6.07 Å². The Labute approximate surface area is 114 Å². The molecular formula is C14H11ClF2O2. The number of rotatable bonds is 4. The summed E-state index contributed by atoms with van der Waals surface area (Å²) in [5.74, 6) is -1.01. The zero-order valence-corrected chi connectivity index (χ0v) is 10.9. The molecule has 1 unspecified atom stereocenters. The third-order valence-corrected chi connectivity index (χ3v) is 3.48. The summed E-state index contributed by atoms with van der Waals surface area (Å²) in [4.78, 5) is 11.7. The van der Waals surface area contributed by atoms with Crippen molar-refractivity contribution >= 4 is 16.8 Å². The van der Waals surface area contributed by atoms with Crippen LogP contribution in [0.15, 0.2) is 41.0 Å². The monoisotopic (exact) mass is 284 g/mol. The standard InChI is InChI=1S/C14H11ClF2O2/c1-14(13(15)18,8-10-3-2-6-19-10)11-5-4-9(16)7-12(11)17/h2-7H,8H2,1H3. The molecule has 0 aliphatic heterocycles. The van der Waals surface area contributed by atoms with E-state index in [0.29, 0.717) is 5.76 Å². The Morgan fingerprint density at radius 1 is 1.37 bits per heavy atom. The van der Waals surface area contributed by atoms with E-state index in [2.05, 4.69) is 0 Å². The molecule has 1 aromatic heterocycles. The maximum atomic E-state index is 13.9. The summed E-state index contributed by atoms with van der Waals surface area (Å²) in [5, 5.41) is -0.727. The highest BCUT2D eigenvalue weighted by atomic mass is 35.5. The lowest BCUT2D eigenvalue weighted by Crippen LogP contribution is -2.32. The predicted octanol–water partition coefficient (Wildman–Crippen LogP) is 3.82. The molecule has 1 aromatic carbocycles. The maximum absolute atomic E-state index is 13.9. The Hall–Kier alpha value is -1.68. The van der Waals surface area contributed by atoms with Crippen LogP contribution in [0, 0.1) is 11.6 Å². The van der Waals surface area contributed by atoms with Crippen molar-refractivity contribution in [1.29, 1.82) is 0 Å². The van der Waals surface area contributed by atoms with Crippen LogP contribution in [0.3, 0.4) is 0 Å². The average Bonchev–Trinajstić information content (AvgIpc) is 2.81. The fourth-order valence-corrected chi connectivity index (χ4v) is 2.14. The Balaban J connectivity index is 2.47. The summed E-state index contributed by atoms with van der Waals surface area (Å²) in [5.41, 5.74) is -1.26. The molecule has 100 valence electrons. The number of hydrogen-bond donors (Lipinski definition) is 0. The molecule has 0 radical (unpaired) electrons. The summed E-state index contributed by atoms with van der Waals surface area (Å²) in [6, 6.07) is 6.39. The van der Waals surface area contributed by atoms with Gasteiger partial charge in [0.1, 0.15) is 17.4 Å². The third-order valence-electron chi connectivity index (χ3n) is 3.07. The van der Waals surface area contributed by atoms with Gasteiger partial charge in [0.15, 0.2) is 0 Å². The lowest BCUT2D eigenvalue weighted by molar-refractivity contribution is -0.116. The van der Waals surface area contributed by atoms with Gasteiger partial charge in [0.2, 0.25) is 5.24 Å². The SMILES string of the molecule is CC(Cc1ccco1)(C(=O)Cl)c1ccc(F)cc1F.